The van der Waals surface area contributed by atoms with Crippen molar-refractivity contribution in [1.29, 1.82) is 0 Å². The van der Waals surface area contributed by atoms with Crippen LogP contribution >= 0.6 is 0 Å². The number of rotatable bonds is 2. The van der Waals surface area contributed by atoms with Crippen molar-refractivity contribution in [3.05, 3.63) is 17.0 Å². The van der Waals surface area contributed by atoms with Crippen LogP contribution < -0.4 is 5.32 Å². The summed E-state index contributed by atoms with van der Waals surface area (Å²) in [6, 6.07) is 0.270. The average Bonchev–Trinajstić information content (AvgIpc) is 3.13. The van der Waals surface area contributed by atoms with Gasteiger partial charge in [-0.25, -0.2) is 4.79 Å². The molecule has 3 rings (SSSR count). The minimum Gasteiger partial charge on any atom is -0.444 e. The number of hydrogen-bond donors (Lipinski definition) is 1. The van der Waals surface area contributed by atoms with Gasteiger partial charge in [-0.15, -0.1) is 0 Å². The molecular formula is C18H28N4O3. The Labute approximate surface area is 148 Å². The van der Waals surface area contributed by atoms with Gasteiger partial charge in [-0.05, 0) is 40.0 Å². The summed E-state index contributed by atoms with van der Waals surface area (Å²) in [5.41, 5.74) is 1.86. The molecular weight excluding hydrogens is 320 g/mol. The molecule has 2 heterocycles. The topological polar surface area (TPSA) is 76.5 Å². The van der Waals surface area contributed by atoms with Crippen LogP contribution in [0.1, 0.15) is 68.2 Å². The molecule has 1 aliphatic carbocycles. The minimum absolute atomic E-state index is 0.0885. The summed E-state index contributed by atoms with van der Waals surface area (Å²) in [4.78, 5) is 26.6. The molecule has 7 heteroatoms. The number of amides is 2. The highest BCUT2D eigenvalue weighted by molar-refractivity contribution is 5.94. The highest BCUT2D eigenvalue weighted by Gasteiger charge is 2.31. The zero-order chi connectivity index (χ0) is 18.2. The summed E-state index contributed by atoms with van der Waals surface area (Å²) < 4.78 is 7.17. The first-order valence-corrected chi connectivity index (χ1v) is 9.08. The first-order valence-electron chi connectivity index (χ1n) is 9.08. The molecule has 1 fully saturated rings. The van der Waals surface area contributed by atoms with E-state index in [4.69, 9.17) is 4.74 Å². The molecule has 7 nitrogen and oxygen atoms in total. The number of nitrogens with zero attached hydrogens (tertiary/aromatic N) is 3. The maximum absolute atomic E-state index is 12.6. The van der Waals surface area contributed by atoms with Crippen molar-refractivity contribution >= 4 is 12.0 Å². The Morgan fingerprint density at radius 1 is 1.24 bits per heavy atom. The first-order chi connectivity index (χ1) is 11.7. The molecule has 2 amide bonds. The van der Waals surface area contributed by atoms with Crippen LogP contribution in [0.15, 0.2) is 0 Å². The number of fused-ring (bicyclic) bond motifs is 1. The van der Waals surface area contributed by atoms with Crippen LogP contribution in [-0.4, -0.2) is 44.9 Å². The van der Waals surface area contributed by atoms with Gasteiger partial charge in [0.1, 0.15) is 5.60 Å². The van der Waals surface area contributed by atoms with E-state index in [1.165, 1.54) is 12.8 Å². The summed E-state index contributed by atoms with van der Waals surface area (Å²) >= 11 is 0. The number of ether oxygens (including phenoxy) is 1. The van der Waals surface area contributed by atoms with Crippen LogP contribution in [0.3, 0.4) is 0 Å². The van der Waals surface area contributed by atoms with Gasteiger partial charge in [-0.1, -0.05) is 12.8 Å². The number of hydrogen-bond acceptors (Lipinski definition) is 4. The number of carbonyl (C=O) groups excluding carboxylic acids is 2. The lowest BCUT2D eigenvalue weighted by Crippen LogP contribution is -2.40. The van der Waals surface area contributed by atoms with Crippen molar-refractivity contribution in [1.82, 2.24) is 20.0 Å². The molecule has 0 saturated heterocycles. The Morgan fingerprint density at radius 3 is 2.56 bits per heavy atom. The zero-order valence-corrected chi connectivity index (χ0v) is 15.6. The second-order valence-electron chi connectivity index (χ2n) is 8.00. The van der Waals surface area contributed by atoms with Crippen LogP contribution in [0.25, 0.3) is 0 Å². The summed E-state index contributed by atoms with van der Waals surface area (Å²) in [5, 5.41) is 7.53. The molecule has 2 aliphatic rings. The van der Waals surface area contributed by atoms with Gasteiger partial charge in [0.25, 0.3) is 5.91 Å². The summed E-state index contributed by atoms with van der Waals surface area (Å²) in [5.74, 6) is -0.0885. The normalized spacial score (nSPS) is 18.2. The third kappa shape index (κ3) is 3.96. The average molecular weight is 348 g/mol. The first kappa shape index (κ1) is 17.8. The molecule has 1 aromatic heterocycles. The van der Waals surface area contributed by atoms with Crippen LogP contribution in [0.2, 0.25) is 0 Å². The molecule has 0 atom stereocenters. The Hall–Kier alpha value is -2.05. The molecule has 1 N–H and O–H groups in total. The molecule has 1 saturated carbocycles. The Morgan fingerprint density at radius 2 is 1.92 bits per heavy atom. The van der Waals surface area contributed by atoms with Gasteiger partial charge >= 0.3 is 6.09 Å². The van der Waals surface area contributed by atoms with Crippen molar-refractivity contribution in [2.24, 2.45) is 7.05 Å². The SMILES string of the molecule is Cn1nc(C(=O)NC2CCCC2)c2c1CN(C(=O)OC(C)(C)C)CC2. The fraction of sp³-hybridized carbons (Fsp3) is 0.722. The lowest BCUT2D eigenvalue weighted by atomic mass is 10.0. The lowest BCUT2D eigenvalue weighted by Gasteiger charge is -2.30. The highest BCUT2D eigenvalue weighted by atomic mass is 16.6. The van der Waals surface area contributed by atoms with Gasteiger partial charge in [0.15, 0.2) is 5.69 Å². The number of aryl methyl sites for hydroxylation is 1. The van der Waals surface area contributed by atoms with Crippen LogP contribution in [-0.2, 0) is 24.8 Å². The van der Waals surface area contributed by atoms with Gasteiger partial charge in [0.2, 0.25) is 0 Å². The van der Waals surface area contributed by atoms with Gasteiger partial charge in [-0.2, -0.15) is 5.10 Å². The monoisotopic (exact) mass is 348 g/mol. The van der Waals surface area contributed by atoms with E-state index in [-0.39, 0.29) is 18.0 Å². The van der Waals surface area contributed by atoms with Crippen molar-refractivity contribution in [2.45, 2.75) is 71.1 Å². The van der Waals surface area contributed by atoms with Gasteiger partial charge in [-0.3, -0.25) is 9.48 Å². The van der Waals surface area contributed by atoms with Gasteiger partial charge in [0, 0.05) is 25.2 Å². The predicted molar refractivity (Wildman–Crippen MR) is 93.3 cm³/mol. The Bertz CT molecular complexity index is 669. The smallest absolute Gasteiger partial charge is 0.410 e. The van der Waals surface area contributed by atoms with Crippen molar-refractivity contribution in [3.8, 4) is 0 Å². The van der Waals surface area contributed by atoms with Crippen LogP contribution in [0, 0.1) is 0 Å². The second kappa shape index (κ2) is 6.69. The lowest BCUT2D eigenvalue weighted by molar-refractivity contribution is 0.0219. The van der Waals surface area contributed by atoms with Crippen molar-refractivity contribution in [3.63, 3.8) is 0 Å². The van der Waals surface area contributed by atoms with Crippen LogP contribution in [0.5, 0.6) is 0 Å². The molecule has 0 spiro atoms. The van der Waals surface area contributed by atoms with E-state index in [0.29, 0.717) is 25.2 Å². The molecule has 0 bridgehead atoms. The Kier molecular flexibility index (Phi) is 4.75. The summed E-state index contributed by atoms with van der Waals surface area (Å²) in [7, 11) is 1.82. The largest absolute Gasteiger partial charge is 0.444 e. The summed E-state index contributed by atoms with van der Waals surface area (Å²) in [6.07, 6.45) is 4.75. The van der Waals surface area contributed by atoms with Crippen LogP contribution in [0.4, 0.5) is 4.79 Å². The maximum Gasteiger partial charge on any atom is 0.410 e. The minimum atomic E-state index is -0.518. The van der Waals surface area contributed by atoms with Gasteiger partial charge < -0.3 is 15.0 Å². The highest BCUT2D eigenvalue weighted by Crippen LogP contribution is 2.24. The van der Waals surface area contributed by atoms with Gasteiger partial charge in [0.05, 0.1) is 12.2 Å². The van der Waals surface area contributed by atoms with E-state index in [2.05, 4.69) is 10.4 Å². The van der Waals surface area contributed by atoms with E-state index >= 15 is 0 Å². The molecule has 0 aromatic carbocycles. The third-order valence-corrected chi connectivity index (χ3v) is 4.80. The fourth-order valence-electron chi connectivity index (χ4n) is 3.56. The van der Waals surface area contributed by atoms with E-state index in [1.807, 2.05) is 27.8 Å². The maximum atomic E-state index is 12.6. The fourth-order valence-corrected chi connectivity index (χ4v) is 3.56. The molecule has 1 aliphatic heterocycles. The number of carbonyl (C=O) groups is 2. The Balaban J connectivity index is 1.72. The van der Waals surface area contributed by atoms with Crippen molar-refractivity contribution < 1.29 is 14.3 Å². The second-order valence-corrected chi connectivity index (χ2v) is 8.00. The quantitative estimate of drug-likeness (QED) is 0.890. The van der Waals surface area contributed by atoms with E-state index in [1.54, 1.807) is 9.58 Å². The van der Waals surface area contributed by atoms with Crippen molar-refractivity contribution in [2.75, 3.05) is 6.54 Å². The molecule has 138 valence electrons. The number of aromatic nitrogens is 2. The van der Waals surface area contributed by atoms with E-state index < -0.39 is 5.60 Å². The van der Waals surface area contributed by atoms with E-state index in [9.17, 15) is 9.59 Å². The molecule has 1 aromatic rings. The molecule has 0 unspecified atom stereocenters. The molecule has 0 radical (unpaired) electrons. The third-order valence-electron chi connectivity index (χ3n) is 4.80. The number of nitrogens with one attached hydrogen (secondary N) is 1. The standard InChI is InChI=1S/C18H28N4O3/c1-18(2,3)25-17(24)22-10-9-13-14(11-22)21(4)20-15(13)16(23)19-12-7-5-6-8-12/h12H,5-11H2,1-4H3,(H,19,23). The van der Waals surface area contributed by atoms with E-state index in [0.717, 1.165) is 24.1 Å². The zero-order valence-electron chi connectivity index (χ0n) is 15.6. The summed E-state index contributed by atoms with van der Waals surface area (Å²) in [6.45, 7) is 6.53. The molecule has 25 heavy (non-hydrogen) atoms. The predicted octanol–water partition coefficient (Wildman–Crippen LogP) is 2.39.